The number of aromatic nitrogens is 2. The van der Waals surface area contributed by atoms with Gasteiger partial charge in [0.1, 0.15) is 11.6 Å². The summed E-state index contributed by atoms with van der Waals surface area (Å²) in [6.07, 6.45) is 1.74. The van der Waals surface area contributed by atoms with Gasteiger partial charge in [-0.25, -0.2) is 4.98 Å². The Balaban J connectivity index is 1.27. The fourth-order valence-electron chi connectivity index (χ4n) is 3.21. The van der Waals surface area contributed by atoms with Crippen LogP contribution in [-0.4, -0.2) is 35.6 Å². The number of rotatable bonds is 8. The van der Waals surface area contributed by atoms with Crippen molar-refractivity contribution in [2.45, 2.75) is 6.54 Å². The summed E-state index contributed by atoms with van der Waals surface area (Å²) in [7, 11) is 0. The minimum atomic E-state index is -0.437. The van der Waals surface area contributed by atoms with Crippen molar-refractivity contribution in [1.82, 2.24) is 9.97 Å². The second-order valence-corrected chi connectivity index (χ2v) is 7.63. The van der Waals surface area contributed by atoms with E-state index in [-0.39, 0.29) is 0 Å². The van der Waals surface area contributed by atoms with Crippen LogP contribution < -0.4 is 20.7 Å². The molecule has 0 saturated carbocycles. The molecule has 2 heterocycles. The number of nitrogens with zero attached hydrogens (tertiary/aromatic N) is 3. The molecule has 3 N–H and O–H groups in total. The van der Waals surface area contributed by atoms with Gasteiger partial charge < -0.3 is 20.7 Å². The van der Waals surface area contributed by atoms with E-state index in [2.05, 4.69) is 20.2 Å². The Labute approximate surface area is 179 Å². The maximum Gasteiger partial charge on any atom is 0.248 e. The second-order valence-electron chi connectivity index (χ2n) is 7.20. The quantitative estimate of drug-likeness (QED) is 0.577. The molecule has 1 aliphatic rings. The van der Waals surface area contributed by atoms with Crippen LogP contribution in [0, 0.1) is 5.92 Å². The van der Waals surface area contributed by atoms with Crippen LogP contribution in [0.3, 0.4) is 0 Å². The third kappa shape index (κ3) is 4.99. The van der Waals surface area contributed by atoms with Gasteiger partial charge in [0.05, 0.1) is 6.61 Å². The van der Waals surface area contributed by atoms with Crippen LogP contribution in [0.2, 0.25) is 5.02 Å². The highest BCUT2D eigenvalue weighted by Crippen LogP contribution is 2.24. The molecule has 0 atom stereocenters. The van der Waals surface area contributed by atoms with Crippen LogP contribution in [-0.2, 0) is 6.54 Å². The molecule has 1 aliphatic heterocycles. The number of primary amides is 1. The van der Waals surface area contributed by atoms with Crippen molar-refractivity contribution < 1.29 is 9.53 Å². The van der Waals surface area contributed by atoms with Crippen molar-refractivity contribution in [3.8, 4) is 5.75 Å². The minimum Gasteiger partial charge on any atom is -0.493 e. The van der Waals surface area contributed by atoms with E-state index in [1.807, 2.05) is 42.5 Å². The van der Waals surface area contributed by atoms with Crippen molar-refractivity contribution in [2.75, 3.05) is 29.9 Å². The molecule has 0 spiro atoms. The third-order valence-corrected chi connectivity index (χ3v) is 5.12. The number of carbonyl (C=O) groups excluding carboxylic acids is 1. The van der Waals surface area contributed by atoms with Gasteiger partial charge in [-0.2, -0.15) is 4.98 Å². The standard InChI is InChI=1S/C22H22ClN5O2/c23-18-4-6-19(7-5-18)30-14-16-12-28(13-16)22-25-9-8-20(27-22)26-11-15-2-1-3-17(10-15)21(24)29/h1-10,16H,11-14H2,(H2,24,29)(H,25,26,27). The number of nitrogens with one attached hydrogen (secondary N) is 1. The molecule has 0 aliphatic carbocycles. The van der Waals surface area contributed by atoms with Crippen molar-refractivity contribution in [3.63, 3.8) is 0 Å². The normalized spacial score (nSPS) is 13.6. The van der Waals surface area contributed by atoms with Gasteiger partial charge in [0, 0.05) is 42.3 Å². The second kappa shape index (κ2) is 9.00. The van der Waals surface area contributed by atoms with Crippen molar-refractivity contribution in [2.24, 2.45) is 11.7 Å². The lowest BCUT2D eigenvalue weighted by atomic mass is 10.0. The molecule has 0 unspecified atom stereocenters. The van der Waals surface area contributed by atoms with E-state index in [1.165, 1.54) is 0 Å². The number of ether oxygens (including phenoxy) is 1. The van der Waals surface area contributed by atoms with Gasteiger partial charge in [-0.3, -0.25) is 4.79 Å². The van der Waals surface area contributed by atoms with Crippen molar-refractivity contribution in [1.29, 1.82) is 0 Å². The number of carbonyl (C=O) groups is 1. The molecule has 4 rings (SSSR count). The van der Waals surface area contributed by atoms with Gasteiger partial charge in [0.2, 0.25) is 11.9 Å². The van der Waals surface area contributed by atoms with E-state index in [9.17, 15) is 4.79 Å². The summed E-state index contributed by atoms with van der Waals surface area (Å²) >= 11 is 5.89. The van der Waals surface area contributed by atoms with E-state index in [0.29, 0.717) is 35.6 Å². The smallest absolute Gasteiger partial charge is 0.248 e. The SMILES string of the molecule is NC(=O)c1cccc(CNc2ccnc(N3CC(COc4ccc(Cl)cc4)C3)n2)c1. The molecule has 8 heteroatoms. The molecule has 1 saturated heterocycles. The molecule has 7 nitrogen and oxygen atoms in total. The highest BCUT2D eigenvalue weighted by atomic mass is 35.5. The summed E-state index contributed by atoms with van der Waals surface area (Å²) in [5.74, 6) is 2.23. The highest BCUT2D eigenvalue weighted by molar-refractivity contribution is 6.30. The van der Waals surface area contributed by atoms with Gasteiger partial charge in [-0.1, -0.05) is 23.7 Å². The maximum absolute atomic E-state index is 11.3. The molecular formula is C22H22ClN5O2. The van der Waals surface area contributed by atoms with E-state index in [1.54, 1.807) is 18.3 Å². The molecule has 1 fully saturated rings. The van der Waals surface area contributed by atoms with Crippen LogP contribution in [0.1, 0.15) is 15.9 Å². The highest BCUT2D eigenvalue weighted by Gasteiger charge is 2.29. The van der Waals surface area contributed by atoms with Gasteiger partial charge >= 0.3 is 0 Å². The summed E-state index contributed by atoms with van der Waals surface area (Å²) in [4.78, 5) is 22.4. The zero-order chi connectivity index (χ0) is 20.9. The Morgan fingerprint density at radius 1 is 1.20 bits per heavy atom. The number of halogens is 1. The lowest BCUT2D eigenvalue weighted by Crippen LogP contribution is -2.50. The number of anilines is 2. The first-order chi connectivity index (χ1) is 14.6. The average Bonchev–Trinajstić information content (AvgIpc) is 2.73. The third-order valence-electron chi connectivity index (χ3n) is 4.87. The first-order valence-electron chi connectivity index (χ1n) is 9.66. The predicted molar refractivity (Wildman–Crippen MR) is 117 cm³/mol. The summed E-state index contributed by atoms with van der Waals surface area (Å²) in [6, 6.07) is 16.4. The van der Waals surface area contributed by atoms with Crippen LogP contribution in [0.5, 0.6) is 5.75 Å². The number of hydrogen-bond acceptors (Lipinski definition) is 6. The van der Waals surface area contributed by atoms with Crippen molar-refractivity contribution in [3.05, 3.63) is 76.9 Å². The first kappa shape index (κ1) is 20.0. The minimum absolute atomic E-state index is 0.428. The lowest BCUT2D eigenvalue weighted by molar-refractivity contribution is 0.1000. The summed E-state index contributed by atoms with van der Waals surface area (Å²) < 4.78 is 5.82. The van der Waals surface area contributed by atoms with Crippen LogP contribution in [0.15, 0.2) is 60.8 Å². The van der Waals surface area contributed by atoms with Crippen LogP contribution in [0.4, 0.5) is 11.8 Å². The molecule has 1 aromatic heterocycles. The van der Waals surface area contributed by atoms with E-state index in [0.717, 1.165) is 30.2 Å². The van der Waals surface area contributed by atoms with Crippen LogP contribution in [0.25, 0.3) is 0 Å². The summed E-state index contributed by atoms with van der Waals surface area (Å²) in [6.45, 7) is 2.87. The molecular weight excluding hydrogens is 402 g/mol. The number of benzene rings is 2. The fourth-order valence-corrected chi connectivity index (χ4v) is 3.34. The Kier molecular flexibility index (Phi) is 5.99. The number of hydrogen-bond donors (Lipinski definition) is 2. The lowest BCUT2D eigenvalue weighted by Gasteiger charge is -2.39. The Bertz CT molecular complexity index is 1020. The molecule has 2 aromatic carbocycles. The maximum atomic E-state index is 11.3. The van der Waals surface area contributed by atoms with E-state index in [4.69, 9.17) is 22.1 Å². The zero-order valence-electron chi connectivity index (χ0n) is 16.3. The average molecular weight is 424 g/mol. The molecule has 1 amide bonds. The monoisotopic (exact) mass is 423 g/mol. The van der Waals surface area contributed by atoms with Gasteiger partial charge in [0.25, 0.3) is 0 Å². The molecule has 30 heavy (non-hydrogen) atoms. The molecule has 0 bridgehead atoms. The van der Waals surface area contributed by atoms with Gasteiger partial charge in [0.15, 0.2) is 0 Å². The first-order valence-corrected chi connectivity index (χ1v) is 10.0. The number of nitrogens with two attached hydrogens (primary N) is 1. The number of amides is 1. The van der Waals surface area contributed by atoms with E-state index < -0.39 is 5.91 Å². The van der Waals surface area contributed by atoms with Gasteiger partial charge in [-0.05, 0) is 48.0 Å². The Morgan fingerprint density at radius 3 is 2.77 bits per heavy atom. The van der Waals surface area contributed by atoms with Crippen molar-refractivity contribution >= 4 is 29.3 Å². The Morgan fingerprint density at radius 2 is 2.00 bits per heavy atom. The zero-order valence-corrected chi connectivity index (χ0v) is 17.0. The summed E-state index contributed by atoms with van der Waals surface area (Å²) in [5, 5.41) is 3.97. The van der Waals surface area contributed by atoms with E-state index >= 15 is 0 Å². The van der Waals surface area contributed by atoms with Gasteiger partial charge in [-0.15, -0.1) is 0 Å². The molecule has 0 radical (unpaired) electrons. The fraction of sp³-hybridized carbons (Fsp3) is 0.227. The molecule has 154 valence electrons. The topological polar surface area (TPSA) is 93.4 Å². The largest absolute Gasteiger partial charge is 0.493 e. The van der Waals surface area contributed by atoms with Crippen LogP contribution >= 0.6 is 11.6 Å². The Hall–Kier alpha value is -3.32. The predicted octanol–water partition coefficient (Wildman–Crippen LogP) is 3.36. The summed E-state index contributed by atoms with van der Waals surface area (Å²) in [5.41, 5.74) is 6.78. The molecule has 3 aromatic rings.